The number of ether oxygens (including phenoxy) is 1. The van der Waals surface area contributed by atoms with Gasteiger partial charge in [-0.3, -0.25) is 0 Å². The monoisotopic (exact) mass is 297 g/mol. The smallest absolute Gasteiger partial charge is 0.407 e. The van der Waals surface area contributed by atoms with Gasteiger partial charge in [0.25, 0.3) is 0 Å². The second-order valence-corrected chi connectivity index (χ2v) is 6.52. The Labute approximate surface area is 132 Å². The van der Waals surface area contributed by atoms with E-state index in [0.717, 1.165) is 6.42 Å². The van der Waals surface area contributed by atoms with Gasteiger partial charge < -0.3 is 10.1 Å². The van der Waals surface area contributed by atoms with E-state index < -0.39 is 0 Å². The van der Waals surface area contributed by atoms with Crippen molar-refractivity contribution in [2.75, 3.05) is 6.61 Å². The van der Waals surface area contributed by atoms with E-state index in [4.69, 9.17) is 4.74 Å². The minimum atomic E-state index is -0.332. The summed E-state index contributed by atoms with van der Waals surface area (Å²) in [6, 6.07) is 8.55. The maximum absolute atomic E-state index is 11.8. The van der Waals surface area contributed by atoms with Gasteiger partial charge in [0.15, 0.2) is 0 Å². The van der Waals surface area contributed by atoms with Crippen LogP contribution in [0.2, 0.25) is 0 Å². The quantitative estimate of drug-likeness (QED) is 0.905. The summed E-state index contributed by atoms with van der Waals surface area (Å²) in [6.07, 6.45) is 5.21. The molecule has 0 bridgehead atoms. The number of hydrogen-bond acceptors (Lipinski definition) is 2. The largest absolute Gasteiger partial charge is 0.449 e. The van der Waals surface area contributed by atoms with E-state index in [1.54, 1.807) is 0 Å². The molecule has 0 aliphatic heterocycles. The van der Waals surface area contributed by atoms with Crippen LogP contribution in [0.4, 0.5) is 4.79 Å². The Bertz CT molecular complexity index is 643. The van der Waals surface area contributed by atoms with Crippen LogP contribution in [0.15, 0.2) is 42.0 Å². The van der Waals surface area contributed by atoms with Gasteiger partial charge in [0.1, 0.15) is 6.61 Å². The van der Waals surface area contributed by atoms with Crippen molar-refractivity contribution in [1.82, 2.24) is 5.32 Å². The molecule has 2 atom stereocenters. The van der Waals surface area contributed by atoms with Crippen LogP contribution in [-0.4, -0.2) is 18.7 Å². The lowest BCUT2D eigenvalue weighted by atomic mass is 9.86. The van der Waals surface area contributed by atoms with Crippen LogP contribution in [0.1, 0.15) is 44.2 Å². The molecular formula is C19H23NO2. The molecule has 116 valence electrons. The molecule has 2 unspecified atom stereocenters. The van der Waals surface area contributed by atoms with Crippen LogP contribution >= 0.6 is 0 Å². The van der Waals surface area contributed by atoms with E-state index in [0.29, 0.717) is 12.5 Å². The molecule has 0 aromatic heterocycles. The molecule has 1 aromatic carbocycles. The van der Waals surface area contributed by atoms with Crippen LogP contribution in [-0.2, 0) is 4.74 Å². The Morgan fingerprint density at radius 1 is 1.36 bits per heavy atom. The number of benzene rings is 1. The molecule has 0 fully saturated rings. The maximum atomic E-state index is 11.8. The lowest BCUT2D eigenvalue weighted by Gasteiger charge is -2.21. The van der Waals surface area contributed by atoms with Crippen LogP contribution in [0.3, 0.4) is 0 Å². The fraction of sp³-hybridized carbons (Fsp3) is 0.421. The van der Waals surface area contributed by atoms with Crippen molar-refractivity contribution in [3.8, 4) is 0 Å². The first-order chi connectivity index (χ1) is 10.6. The standard InChI is InChI=1S/C19H23NO2/c1-12(2)20-19(21)22-11-18-15-7-5-4-6-14(15)16-9-8-13(3)10-17(16)18/h4-9,12-13,18H,10-11H2,1-3H3,(H,20,21). The van der Waals surface area contributed by atoms with Crippen molar-refractivity contribution in [2.24, 2.45) is 5.92 Å². The first-order valence-electron chi connectivity index (χ1n) is 8.00. The van der Waals surface area contributed by atoms with Gasteiger partial charge in [-0.2, -0.15) is 0 Å². The number of hydrogen-bond donors (Lipinski definition) is 1. The molecule has 3 nitrogen and oxygen atoms in total. The third-order valence-electron chi connectivity index (χ3n) is 4.31. The normalized spacial score (nSPS) is 22.5. The molecular weight excluding hydrogens is 274 g/mol. The van der Waals surface area contributed by atoms with Gasteiger partial charge in [0, 0.05) is 12.0 Å². The molecule has 3 rings (SSSR count). The summed E-state index contributed by atoms with van der Waals surface area (Å²) in [6.45, 7) is 6.50. The topological polar surface area (TPSA) is 38.3 Å². The molecule has 0 spiro atoms. The molecule has 0 saturated heterocycles. The summed E-state index contributed by atoms with van der Waals surface area (Å²) in [5, 5.41) is 2.78. The fourth-order valence-electron chi connectivity index (χ4n) is 3.35. The highest BCUT2D eigenvalue weighted by molar-refractivity contribution is 5.85. The zero-order chi connectivity index (χ0) is 15.7. The molecule has 2 aliphatic rings. The van der Waals surface area contributed by atoms with E-state index >= 15 is 0 Å². The Morgan fingerprint density at radius 3 is 2.91 bits per heavy atom. The molecule has 0 radical (unpaired) electrons. The van der Waals surface area contributed by atoms with Gasteiger partial charge >= 0.3 is 6.09 Å². The van der Waals surface area contributed by atoms with E-state index in [1.807, 2.05) is 13.8 Å². The second kappa shape index (κ2) is 5.99. The van der Waals surface area contributed by atoms with Crippen LogP contribution in [0.5, 0.6) is 0 Å². The summed E-state index contributed by atoms with van der Waals surface area (Å²) in [5.41, 5.74) is 5.31. The third-order valence-corrected chi connectivity index (χ3v) is 4.31. The molecule has 1 N–H and O–H groups in total. The van der Waals surface area contributed by atoms with Gasteiger partial charge in [-0.1, -0.05) is 48.9 Å². The highest BCUT2D eigenvalue weighted by Crippen LogP contribution is 2.47. The van der Waals surface area contributed by atoms with E-state index in [9.17, 15) is 4.79 Å². The van der Waals surface area contributed by atoms with Crippen LogP contribution in [0.25, 0.3) is 5.57 Å². The van der Waals surface area contributed by atoms with E-state index in [1.165, 1.54) is 22.3 Å². The molecule has 3 heteroatoms. The lowest BCUT2D eigenvalue weighted by molar-refractivity contribution is 0.139. The zero-order valence-corrected chi connectivity index (χ0v) is 13.4. The van der Waals surface area contributed by atoms with Crippen molar-refractivity contribution in [2.45, 2.75) is 39.2 Å². The summed E-state index contributed by atoms with van der Waals surface area (Å²) in [7, 11) is 0. The third kappa shape index (κ3) is 2.80. The van der Waals surface area contributed by atoms with Crippen molar-refractivity contribution in [1.29, 1.82) is 0 Å². The zero-order valence-electron chi connectivity index (χ0n) is 13.4. The Morgan fingerprint density at radius 2 is 2.14 bits per heavy atom. The fourth-order valence-corrected chi connectivity index (χ4v) is 3.35. The van der Waals surface area contributed by atoms with Gasteiger partial charge in [-0.05, 0) is 42.9 Å². The molecule has 0 heterocycles. The molecule has 2 aliphatic carbocycles. The Hall–Kier alpha value is -2.03. The van der Waals surface area contributed by atoms with Crippen molar-refractivity contribution in [3.05, 3.63) is 53.1 Å². The van der Waals surface area contributed by atoms with Gasteiger partial charge in [-0.25, -0.2) is 4.79 Å². The van der Waals surface area contributed by atoms with Crippen molar-refractivity contribution < 1.29 is 9.53 Å². The average molecular weight is 297 g/mol. The number of alkyl carbamates (subject to hydrolysis) is 1. The second-order valence-electron chi connectivity index (χ2n) is 6.52. The van der Waals surface area contributed by atoms with E-state index in [-0.39, 0.29) is 18.1 Å². The SMILES string of the molecule is CC1C=CC2=C(C1)C(COC(=O)NC(C)C)c1ccccc12. The number of carbonyl (C=O) groups excluding carboxylic acids is 1. The summed E-state index contributed by atoms with van der Waals surface area (Å²) >= 11 is 0. The van der Waals surface area contributed by atoms with Crippen LogP contribution < -0.4 is 5.32 Å². The minimum absolute atomic E-state index is 0.0933. The number of carbonyl (C=O) groups is 1. The predicted molar refractivity (Wildman–Crippen MR) is 88.6 cm³/mol. The average Bonchev–Trinajstić information content (AvgIpc) is 2.77. The number of fused-ring (bicyclic) bond motifs is 2. The van der Waals surface area contributed by atoms with Crippen molar-refractivity contribution >= 4 is 11.7 Å². The summed E-state index contributed by atoms with van der Waals surface area (Å²) in [5.74, 6) is 0.733. The minimum Gasteiger partial charge on any atom is -0.449 e. The van der Waals surface area contributed by atoms with Gasteiger partial charge in [-0.15, -0.1) is 0 Å². The lowest BCUT2D eigenvalue weighted by Crippen LogP contribution is -2.31. The molecule has 22 heavy (non-hydrogen) atoms. The molecule has 0 saturated carbocycles. The number of amides is 1. The van der Waals surface area contributed by atoms with Crippen LogP contribution in [0, 0.1) is 5.92 Å². The molecule has 1 aromatic rings. The van der Waals surface area contributed by atoms with Gasteiger partial charge in [0.05, 0.1) is 0 Å². The molecule has 1 amide bonds. The van der Waals surface area contributed by atoms with E-state index in [2.05, 4.69) is 48.7 Å². The highest BCUT2D eigenvalue weighted by atomic mass is 16.5. The summed E-state index contributed by atoms with van der Waals surface area (Å²) < 4.78 is 5.47. The Kier molecular flexibility index (Phi) is 4.06. The number of nitrogens with one attached hydrogen (secondary N) is 1. The maximum Gasteiger partial charge on any atom is 0.407 e. The first kappa shape index (κ1) is 14.9. The first-order valence-corrected chi connectivity index (χ1v) is 8.00. The highest BCUT2D eigenvalue weighted by Gasteiger charge is 2.32. The number of rotatable bonds is 3. The van der Waals surface area contributed by atoms with Crippen molar-refractivity contribution in [3.63, 3.8) is 0 Å². The van der Waals surface area contributed by atoms with Gasteiger partial charge in [0.2, 0.25) is 0 Å². The number of allylic oxidation sites excluding steroid dienone is 3. The predicted octanol–water partition coefficient (Wildman–Crippen LogP) is 4.27. The summed E-state index contributed by atoms with van der Waals surface area (Å²) in [4.78, 5) is 11.8. The Balaban J connectivity index is 1.82.